The van der Waals surface area contributed by atoms with E-state index in [9.17, 15) is 9.59 Å². The van der Waals surface area contributed by atoms with Crippen LogP contribution in [-0.2, 0) is 4.79 Å². The van der Waals surface area contributed by atoms with Crippen LogP contribution in [0.2, 0.25) is 0 Å². The molecule has 0 aliphatic rings. The predicted molar refractivity (Wildman–Crippen MR) is 117 cm³/mol. The molecule has 2 aromatic rings. The number of hydrogen-bond donors (Lipinski definition) is 1. The van der Waals surface area contributed by atoms with Crippen molar-refractivity contribution in [1.29, 1.82) is 0 Å². The molecule has 0 aliphatic carbocycles. The monoisotopic (exact) mass is 400 g/mol. The molecule has 0 aromatic heterocycles. The van der Waals surface area contributed by atoms with Gasteiger partial charge in [-0.1, -0.05) is 12.1 Å². The zero-order valence-corrected chi connectivity index (χ0v) is 17.9. The summed E-state index contributed by atoms with van der Waals surface area (Å²) in [6.45, 7) is 4.45. The lowest BCUT2D eigenvalue weighted by molar-refractivity contribution is -0.117. The molecule has 1 amide bonds. The Labute approximate surface area is 171 Å². The van der Waals surface area contributed by atoms with Crippen molar-refractivity contribution in [3.8, 4) is 0 Å². The van der Waals surface area contributed by atoms with Crippen molar-refractivity contribution in [1.82, 2.24) is 9.31 Å². The Morgan fingerprint density at radius 1 is 1.07 bits per heavy atom. The van der Waals surface area contributed by atoms with Crippen molar-refractivity contribution in [2.24, 2.45) is 0 Å². The summed E-state index contributed by atoms with van der Waals surface area (Å²) in [4.78, 5) is 24.7. The van der Waals surface area contributed by atoms with Crippen LogP contribution in [0.15, 0.2) is 53.4 Å². The van der Waals surface area contributed by atoms with E-state index in [1.54, 1.807) is 28.0 Å². The lowest BCUT2D eigenvalue weighted by Gasteiger charge is -2.30. The maximum Gasteiger partial charge on any atom is 0.240 e. The predicted octanol–water partition coefficient (Wildman–Crippen LogP) is 3.77. The maximum absolute atomic E-state index is 12.4. The number of nitrogens with one attached hydrogen (secondary N) is 1. The largest absolute Gasteiger partial charge is 0.325 e. The number of carbonyl (C=O) groups excluding carboxylic acids is 2. The van der Waals surface area contributed by atoms with Crippen LogP contribution in [0, 0.1) is 0 Å². The molecule has 0 heterocycles. The Morgan fingerprint density at radius 3 is 2.32 bits per heavy atom. The molecule has 0 radical (unpaired) electrons. The Balaban J connectivity index is 1.93. The van der Waals surface area contributed by atoms with Crippen LogP contribution < -0.4 is 10.3 Å². The third-order valence-corrected chi connectivity index (χ3v) is 5.60. The summed E-state index contributed by atoms with van der Waals surface area (Å²) >= 11 is 1.67. The molecule has 0 atom stereocenters. The van der Waals surface area contributed by atoms with Gasteiger partial charge in [0.2, 0.25) is 5.91 Å². The first-order valence-corrected chi connectivity index (χ1v) is 9.89. The lowest BCUT2D eigenvalue weighted by atomic mass is 10.2. The first-order chi connectivity index (χ1) is 13.3. The zero-order chi connectivity index (χ0) is 20.7. The number of amides is 1. The number of carbonyl (C=O) groups is 2. The molecule has 0 saturated carbocycles. The molecule has 0 aliphatic heterocycles. The van der Waals surface area contributed by atoms with Crippen LogP contribution in [0.25, 0.3) is 0 Å². The fraction of sp³-hybridized carbons (Fsp3) is 0.333. The van der Waals surface area contributed by atoms with E-state index in [4.69, 9.17) is 0 Å². The van der Waals surface area contributed by atoms with Gasteiger partial charge in [0.1, 0.15) is 0 Å². The molecule has 1 N–H and O–H groups in total. The van der Waals surface area contributed by atoms with Gasteiger partial charge in [-0.2, -0.15) is 0 Å². The molecule has 0 saturated heterocycles. The third kappa shape index (κ3) is 6.09. The first kappa shape index (κ1) is 21.9. The van der Waals surface area contributed by atoms with Crippen LogP contribution in [-0.4, -0.2) is 55.2 Å². The Kier molecular flexibility index (Phi) is 8.04. The van der Waals surface area contributed by atoms with Crippen molar-refractivity contribution in [2.75, 3.05) is 38.0 Å². The molecular formula is C21H28N4O2S. The molecule has 0 bridgehead atoms. The summed E-state index contributed by atoms with van der Waals surface area (Å²) in [6.07, 6.45) is 0.816. The van der Waals surface area contributed by atoms with Crippen LogP contribution >= 0.6 is 11.9 Å². The Morgan fingerprint density at radius 2 is 1.71 bits per heavy atom. The molecule has 0 spiro atoms. The van der Waals surface area contributed by atoms with E-state index < -0.39 is 0 Å². The van der Waals surface area contributed by atoms with Crippen LogP contribution in [0.3, 0.4) is 0 Å². The van der Waals surface area contributed by atoms with E-state index in [0.717, 1.165) is 22.6 Å². The quantitative estimate of drug-likeness (QED) is 0.393. The highest BCUT2D eigenvalue weighted by atomic mass is 32.2. The highest BCUT2D eigenvalue weighted by Crippen LogP contribution is 2.24. The SMILES string of the molecule is CC(C)N(C)Sc1ccc(NC(=O)CN(C)N(C)c2ccccc2C=O)cc1. The number of anilines is 2. The second kappa shape index (κ2) is 10.3. The molecule has 2 aromatic carbocycles. The van der Waals surface area contributed by atoms with Crippen LogP contribution in [0.1, 0.15) is 24.2 Å². The van der Waals surface area contributed by atoms with Gasteiger partial charge in [0.05, 0.1) is 12.2 Å². The number of rotatable bonds is 9. The van der Waals surface area contributed by atoms with Crippen molar-refractivity contribution < 1.29 is 9.59 Å². The van der Waals surface area contributed by atoms with Crippen molar-refractivity contribution >= 4 is 35.5 Å². The minimum absolute atomic E-state index is 0.127. The van der Waals surface area contributed by atoms with E-state index >= 15 is 0 Å². The fourth-order valence-corrected chi connectivity index (χ4v) is 3.25. The maximum atomic E-state index is 12.4. The molecule has 0 fully saturated rings. The smallest absolute Gasteiger partial charge is 0.240 e. The molecule has 150 valence electrons. The van der Waals surface area contributed by atoms with Crippen molar-refractivity contribution in [3.63, 3.8) is 0 Å². The Bertz CT molecular complexity index is 795. The van der Waals surface area contributed by atoms with Gasteiger partial charge in [-0.15, -0.1) is 0 Å². The van der Waals surface area contributed by atoms with Gasteiger partial charge in [0, 0.05) is 36.3 Å². The first-order valence-electron chi connectivity index (χ1n) is 9.11. The van der Waals surface area contributed by atoms with Gasteiger partial charge in [-0.3, -0.25) is 9.59 Å². The molecule has 0 unspecified atom stereocenters. The van der Waals surface area contributed by atoms with Crippen LogP contribution in [0.4, 0.5) is 11.4 Å². The van der Waals surface area contributed by atoms with Gasteiger partial charge in [0.15, 0.2) is 6.29 Å². The topological polar surface area (TPSA) is 55.9 Å². The molecular weight excluding hydrogens is 372 g/mol. The van der Waals surface area contributed by atoms with Gasteiger partial charge in [0.25, 0.3) is 0 Å². The lowest BCUT2D eigenvalue weighted by Crippen LogP contribution is -2.42. The summed E-state index contributed by atoms with van der Waals surface area (Å²) in [5.41, 5.74) is 2.09. The summed E-state index contributed by atoms with van der Waals surface area (Å²) in [5, 5.41) is 6.47. The number of para-hydroxylation sites is 1. The number of nitrogens with zero attached hydrogens (tertiary/aromatic N) is 3. The highest BCUT2D eigenvalue weighted by molar-refractivity contribution is 7.97. The molecule has 28 heavy (non-hydrogen) atoms. The number of benzene rings is 2. The van der Waals surface area contributed by atoms with Gasteiger partial charge >= 0.3 is 0 Å². The molecule has 6 nitrogen and oxygen atoms in total. The Hall–Kier alpha value is -2.35. The fourth-order valence-electron chi connectivity index (χ4n) is 2.45. The normalized spacial score (nSPS) is 11.1. The van der Waals surface area contributed by atoms with E-state index in [1.807, 2.05) is 56.6 Å². The van der Waals surface area contributed by atoms with Gasteiger partial charge in [-0.05, 0) is 69.2 Å². The average Bonchev–Trinajstić information content (AvgIpc) is 2.68. The van der Waals surface area contributed by atoms with Crippen molar-refractivity contribution in [2.45, 2.75) is 24.8 Å². The average molecular weight is 401 g/mol. The second-order valence-corrected chi connectivity index (χ2v) is 8.05. The zero-order valence-electron chi connectivity index (χ0n) is 17.0. The van der Waals surface area contributed by atoms with E-state index in [1.165, 1.54) is 0 Å². The van der Waals surface area contributed by atoms with Gasteiger partial charge in [-0.25, -0.2) is 9.31 Å². The minimum Gasteiger partial charge on any atom is -0.325 e. The second-order valence-electron chi connectivity index (χ2n) is 6.82. The van der Waals surface area contributed by atoms with Crippen LogP contribution in [0.5, 0.6) is 0 Å². The van der Waals surface area contributed by atoms with E-state index in [0.29, 0.717) is 11.6 Å². The third-order valence-electron chi connectivity index (χ3n) is 4.41. The number of hydrogen-bond acceptors (Lipinski definition) is 6. The molecule has 7 heteroatoms. The summed E-state index contributed by atoms with van der Waals surface area (Å²) in [5.74, 6) is -0.127. The summed E-state index contributed by atoms with van der Waals surface area (Å²) in [6, 6.07) is 15.5. The number of likely N-dealkylation sites (N-methyl/N-ethyl adjacent to an activating group) is 1. The minimum atomic E-state index is -0.127. The van der Waals surface area contributed by atoms with Gasteiger partial charge < -0.3 is 10.3 Å². The summed E-state index contributed by atoms with van der Waals surface area (Å²) < 4.78 is 2.18. The van der Waals surface area contributed by atoms with E-state index in [2.05, 4.69) is 30.5 Å². The summed E-state index contributed by atoms with van der Waals surface area (Å²) in [7, 11) is 5.69. The highest BCUT2D eigenvalue weighted by Gasteiger charge is 2.14. The van der Waals surface area contributed by atoms with E-state index in [-0.39, 0.29) is 12.5 Å². The number of aldehydes is 1. The molecule has 2 rings (SSSR count). The number of hydrazine groups is 1. The standard InChI is InChI=1S/C21H28N4O2S/c1-16(2)25(5)28-19-12-10-18(11-13-19)22-21(27)14-23(3)24(4)20-9-7-6-8-17(20)15-26/h6-13,15-16H,14H2,1-5H3,(H,22,27). The van der Waals surface area contributed by atoms with Crippen molar-refractivity contribution in [3.05, 3.63) is 54.1 Å².